The van der Waals surface area contributed by atoms with E-state index in [4.69, 9.17) is 17.3 Å². The standard InChI is InChI=1S/C9H12BrClN2OS/c1-2-3-13-7(9(12)14)6-4-5(10)8(11)15-6/h4,7,13H,2-3H2,1H3,(H2,12,14). The zero-order chi connectivity index (χ0) is 11.4. The molecule has 1 aromatic rings. The molecule has 0 aliphatic carbocycles. The molecule has 0 saturated carbocycles. The fourth-order valence-corrected chi connectivity index (χ4v) is 2.96. The van der Waals surface area contributed by atoms with Crippen molar-refractivity contribution in [1.29, 1.82) is 0 Å². The summed E-state index contributed by atoms with van der Waals surface area (Å²) in [5.74, 6) is -0.381. The lowest BCUT2D eigenvalue weighted by Crippen LogP contribution is -2.33. The van der Waals surface area contributed by atoms with Gasteiger partial charge in [0.05, 0.1) is 0 Å². The van der Waals surface area contributed by atoms with Gasteiger partial charge in [-0.05, 0) is 35.0 Å². The summed E-state index contributed by atoms with van der Waals surface area (Å²) in [4.78, 5) is 12.1. The van der Waals surface area contributed by atoms with E-state index in [2.05, 4.69) is 21.2 Å². The SMILES string of the molecule is CCCNC(C(N)=O)c1cc(Br)c(Cl)s1. The maximum absolute atomic E-state index is 11.2. The molecule has 1 rings (SSSR count). The quantitative estimate of drug-likeness (QED) is 0.878. The molecule has 6 heteroatoms. The number of halogens is 2. The molecule has 0 saturated heterocycles. The highest BCUT2D eigenvalue weighted by molar-refractivity contribution is 9.10. The molecule has 1 aromatic heterocycles. The largest absolute Gasteiger partial charge is 0.368 e. The van der Waals surface area contributed by atoms with E-state index in [1.807, 2.05) is 13.0 Å². The van der Waals surface area contributed by atoms with Gasteiger partial charge in [-0.3, -0.25) is 4.79 Å². The highest BCUT2D eigenvalue weighted by Crippen LogP contribution is 2.35. The number of nitrogens with two attached hydrogens (primary N) is 1. The van der Waals surface area contributed by atoms with E-state index in [0.29, 0.717) is 4.34 Å². The first-order valence-electron chi connectivity index (χ1n) is 4.53. The lowest BCUT2D eigenvalue weighted by atomic mass is 10.2. The minimum absolute atomic E-state index is 0.381. The van der Waals surface area contributed by atoms with Gasteiger partial charge in [0.25, 0.3) is 0 Å². The van der Waals surface area contributed by atoms with Gasteiger partial charge in [-0.2, -0.15) is 0 Å². The Morgan fingerprint density at radius 2 is 2.47 bits per heavy atom. The Kier molecular flexibility index (Phi) is 5.05. The Bertz CT molecular complexity index is 336. The molecule has 84 valence electrons. The van der Waals surface area contributed by atoms with Crippen molar-refractivity contribution < 1.29 is 4.79 Å². The molecule has 3 nitrogen and oxygen atoms in total. The van der Waals surface area contributed by atoms with Crippen LogP contribution in [0, 0.1) is 0 Å². The van der Waals surface area contributed by atoms with E-state index in [9.17, 15) is 4.79 Å². The van der Waals surface area contributed by atoms with Crippen molar-refractivity contribution in [3.05, 3.63) is 19.8 Å². The van der Waals surface area contributed by atoms with E-state index in [-0.39, 0.29) is 5.91 Å². The molecular weight excluding hydrogens is 300 g/mol. The summed E-state index contributed by atoms with van der Waals surface area (Å²) >= 11 is 10.6. The van der Waals surface area contributed by atoms with E-state index >= 15 is 0 Å². The Hall–Kier alpha value is -0.100. The first kappa shape index (κ1) is 13.0. The summed E-state index contributed by atoms with van der Waals surface area (Å²) < 4.78 is 1.43. The zero-order valence-corrected chi connectivity index (χ0v) is 11.4. The van der Waals surface area contributed by atoms with Crippen molar-refractivity contribution in [2.24, 2.45) is 5.73 Å². The van der Waals surface area contributed by atoms with Crippen LogP contribution in [0.15, 0.2) is 10.5 Å². The van der Waals surface area contributed by atoms with Gasteiger partial charge in [-0.15, -0.1) is 11.3 Å². The van der Waals surface area contributed by atoms with Crippen LogP contribution in [0.25, 0.3) is 0 Å². The molecule has 0 aliphatic rings. The van der Waals surface area contributed by atoms with E-state index in [1.54, 1.807) is 0 Å². The third-order valence-electron chi connectivity index (χ3n) is 1.83. The number of carbonyl (C=O) groups is 1. The van der Waals surface area contributed by atoms with Crippen LogP contribution in [0.2, 0.25) is 4.34 Å². The van der Waals surface area contributed by atoms with Crippen LogP contribution in [-0.4, -0.2) is 12.5 Å². The summed E-state index contributed by atoms with van der Waals surface area (Å²) in [5, 5.41) is 3.08. The number of hydrogen-bond acceptors (Lipinski definition) is 3. The second kappa shape index (κ2) is 5.84. The van der Waals surface area contributed by atoms with Crippen molar-refractivity contribution in [2.75, 3.05) is 6.54 Å². The average Bonchev–Trinajstić information content (AvgIpc) is 2.47. The van der Waals surface area contributed by atoms with Crippen LogP contribution in [0.4, 0.5) is 0 Å². The second-order valence-electron chi connectivity index (χ2n) is 3.06. The Labute approximate surface area is 106 Å². The minimum Gasteiger partial charge on any atom is -0.368 e. The molecule has 1 amide bonds. The number of thiophene rings is 1. The summed E-state index contributed by atoms with van der Waals surface area (Å²) in [5.41, 5.74) is 5.32. The lowest BCUT2D eigenvalue weighted by molar-refractivity contribution is -0.120. The van der Waals surface area contributed by atoms with Crippen LogP contribution in [-0.2, 0) is 4.79 Å². The normalized spacial score (nSPS) is 12.7. The van der Waals surface area contributed by atoms with Crippen molar-refractivity contribution in [3.8, 4) is 0 Å². The second-order valence-corrected chi connectivity index (χ2v) is 5.60. The molecule has 1 heterocycles. The number of hydrogen-bond donors (Lipinski definition) is 2. The number of nitrogens with one attached hydrogen (secondary N) is 1. The number of amides is 1. The molecule has 0 radical (unpaired) electrons. The zero-order valence-electron chi connectivity index (χ0n) is 8.22. The van der Waals surface area contributed by atoms with Crippen LogP contribution in [0.3, 0.4) is 0 Å². The lowest BCUT2D eigenvalue weighted by Gasteiger charge is -2.12. The van der Waals surface area contributed by atoms with Gasteiger partial charge in [-0.1, -0.05) is 18.5 Å². The van der Waals surface area contributed by atoms with Gasteiger partial charge in [0.2, 0.25) is 5.91 Å². The summed E-state index contributed by atoms with van der Waals surface area (Å²) in [6.07, 6.45) is 0.948. The summed E-state index contributed by atoms with van der Waals surface area (Å²) in [6, 6.07) is 1.38. The fraction of sp³-hybridized carbons (Fsp3) is 0.444. The third kappa shape index (κ3) is 3.45. The highest BCUT2D eigenvalue weighted by atomic mass is 79.9. The minimum atomic E-state index is -0.446. The van der Waals surface area contributed by atoms with Crippen molar-refractivity contribution in [2.45, 2.75) is 19.4 Å². The van der Waals surface area contributed by atoms with Gasteiger partial charge in [0.1, 0.15) is 10.4 Å². The van der Waals surface area contributed by atoms with Gasteiger partial charge < -0.3 is 11.1 Å². The first-order chi connectivity index (χ1) is 7.06. The molecular formula is C9H12BrClN2OS. The van der Waals surface area contributed by atoms with Crippen LogP contribution >= 0.6 is 38.9 Å². The topological polar surface area (TPSA) is 55.1 Å². The highest BCUT2D eigenvalue weighted by Gasteiger charge is 2.20. The van der Waals surface area contributed by atoms with E-state index in [0.717, 1.165) is 22.3 Å². The molecule has 0 fully saturated rings. The summed E-state index contributed by atoms with van der Waals surface area (Å²) in [7, 11) is 0. The molecule has 15 heavy (non-hydrogen) atoms. The predicted molar refractivity (Wildman–Crippen MR) is 67.3 cm³/mol. The monoisotopic (exact) mass is 310 g/mol. The Morgan fingerprint density at radius 3 is 2.87 bits per heavy atom. The van der Waals surface area contributed by atoms with E-state index < -0.39 is 6.04 Å². The smallest absolute Gasteiger partial charge is 0.239 e. The third-order valence-corrected chi connectivity index (χ3v) is 4.37. The van der Waals surface area contributed by atoms with Gasteiger partial charge in [-0.25, -0.2) is 0 Å². The van der Waals surface area contributed by atoms with Crippen molar-refractivity contribution in [3.63, 3.8) is 0 Å². The number of primary amides is 1. The first-order valence-corrected chi connectivity index (χ1v) is 6.52. The molecule has 3 N–H and O–H groups in total. The van der Waals surface area contributed by atoms with Gasteiger partial charge in [0.15, 0.2) is 0 Å². The van der Waals surface area contributed by atoms with Crippen molar-refractivity contribution >= 4 is 44.8 Å². The molecule has 1 atom stereocenters. The Balaban J connectivity index is 2.84. The Morgan fingerprint density at radius 1 is 1.80 bits per heavy atom. The van der Waals surface area contributed by atoms with Crippen LogP contribution in [0.5, 0.6) is 0 Å². The van der Waals surface area contributed by atoms with E-state index in [1.165, 1.54) is 11.3 Å². The fourth-order valence-electron chi connectivity index (χ4n) is 1.14. The maximum atomic E-state index is 11.2. The number of carbonyl (C=O) groups excluding carboxylic acids is 1. The predicted octanol–water partition coefficient (Wildman–Crippen LogP) is 2.69. The van der Waals surface area contributed by atoms with Gasteiger partial charge in [0, 0.05) is 9.35 Å². The molecule has 0 spiro atoms. The van der Waals surface area contributed by atoms with Crippen molar-refractivity contribution in [1.82, 2.24) is 5.32 Å². The maximum Gasteiger partial charge on any atom is 0.239 e. The average molecular weight is 312 g/mol. The summed E-state index contributed by atoms with van der Waals surface area (Å²) in [6.45, 7) is 2.78. The van der Waals surface area contributed by atoms with Crippen LogP contribution in [0.1, 0.15) is 24.3 Å². The molecule has 1 unspecified atom stereocenters. The van der Waals surface area contributed by atoms with Crippen LogP contribution < -0.4 is 11.1 Å². The molecule has 0 aliphatic heterocycles. The molecule has 0 aromatic carbocycles. The number of rotatable bonds is 5. The molecule has 0 bridgehead atoms. The van der Waals surface area contributed by atoms with Gasteiger partial charge >= 0.3 is 0 Å².